The number of fused-ring (bicyclic) bond motifs is 1. The highest BCUT2D eigenvalue weighted by Gasteiger charge is 2.25. The SMILES string of the molecule is Cn1cccc1[C@H](CNC(=O)c1ccc2ccccc2c1)N1CCCC1. The molecule has 0 unspecified atom stereocenters. The number of aryl methyl sites for hydroxylation is 1. The summed E-state index contributed by atoms with van der Waals surface area (Å²) in [5.74, 6) is -0.00541. The van der Waals surface area contributed by atoms with Gasteiger partial charge in [0, 0.05) is 31.0 Å². The molecule has 4 heteroatoms. The van der Waals surface area contributed by atoms with E-state index < -0.39 is 0 Å². The maximum atomic E-state index is 12.7. The Hall–Kier alpha value is -2.59. The van der Waals surface area contributed by atoms with Crippen LogP contribution >= 0.6 is 0 Å². The number of benzene rings is 2. The van der Waals surface area contributed by atoms with Crippen LogP contribution in [-0.4, -0.2) is 35.0 Å². The summed E-state index contributed by atoms with van der Waals surface area (Å²) in [4.78, 5) is 15.2. The molecule has 0 saturated carbocycles. The molecule has 1 N–H and O–H groups in total. The number of carbonyl (C=O) groups excluding carboxylic acids is 1. The second-order valence-corrected chi connectivity index (χ2v) is 7.07. The van der Waals surface area contributed by atoms with Crippen LogP contribution in [0.2, 0.25) is 0 Å². The smallest absolute Gasteiger partial charge is 0.251 e. The van der Waals surface area contributed by atoms with Crippen LogP contribution in [0.15, 0.2) is 60.8 Å². The third kappa shape index (κ3) is 3.37. The van der Waals surface area contributed by atoms with Crippen molar-refractivity contribution in [3.63, 3.8) is 0 Å². The molecule has 134 valence electrons. The van der Waals surface area contributed by atoms with E-state index in [4.69, 9.17) is 0 Å². The normalized spacial score (nSPS) is 16.0. The Labute approximate surface area is 154 Å². The molecule has 1 saturated heterocycles. The molecule has 2 heterocycles. The van der Waals surface area contributed by atoms with E-state index in [1.807, 2.05) is 36.4 Å². The Morgan fingerprint density at radius 1 is 1.04 bits per heavy atom. The highest BCUT2D eigenvalue weighted by Crippen LogP contribution is 2.25. The van der Waals surface area contributed by atoms with Crippen molar-refractivity contribution >= 4 is 16.7 Å². The Morgan fingerprint density at radius 3 is 2.54 bits per heavy atom. The van der Waals surface area contributed by atoms with Gasteiger partial charge in [-0.2, -0.15) is 0 Å². The molecule has 0 spiro atoms. The number of carbonyl (C=O) groups is 1. The minimum absolute atomic E-state index is 0.00541. The Bertz CT molecular complexity index is 908. The number of likely N-dealkylation sites (tertiary alicyclic amines) is 1. The Kier molecular flexibility index (Phi) is 4.76. The van der Waals surface area contributed by atoms with Gasteiger partial charge in [-0.05, 0) is 61.0 Å². The molecule has 4 nitrogen and oxygen atoms in total. The molecule has 0 aliphatic carbocycles. The van der Waals surface area contributed by atoms with Gasteiger partial charge in [0.1, 0.15) is 0 Å². The van der Waals surface area contributed by atoms with Gasteiger partial charge in [0.2, 0.25) is 0 Å². The fourth-order valence-electron chi connectivity index (χ4n) is 3.92. The van der Waals surface area contributed by atoms with E-state index in [9.17, 15) is 4.79 Å². The second kappa shape index (κ2) is 7.34. The second-order valence-electron chi connectivity index (χ2n) is 7.07. The summed E-state index contributed by atoms with van der Waals surface area (Å²) in [5.41, 5.74) is 1.97. The van der Waals surface area contributed by atoms with Crippen molar-refractivity contribution in [3.8, 4) is 0 Å². The molecule has 1 atom stereocenters. The summed E-state index contributed by atoms with van der Waals surface area (Å²) in [6.45, 7) is 2.83. The Balaban J connectivity index is 1.51. The number of hydrogen-bond acceptors (Lipinski definition) is 2. The minimum atomic E-state index is -0.00541. The van der Waals surface area contributed by atoms with Crippen molar-refractivity contribution in [2.75, 3.05) is 19.6 Å². The number of rotatable bonds is 5. The lowest BCUT2D eigenvalue weighted by Crippen LogP contribution is -2.37. The van der Waals surface area contributed by atoms with Crippen molar-refractivity contribution in [1.82, 2.24) is 14.8 Å². The molecule has 1 fully saturated rings. The number of amides is 1. The van der Waals surface area contributed by atoms with Crippen LogP contribution in [0.3, 0.4) is 0 Å². The summed E-state index contributed by atoms with van der Waals surface area (Å²) in [7, 11) is 2.07. The summed E-state index contributed by atoms with van der Waals surface area (Å²) in [6, 6.07) is 18.5. The number of nitrogens with one attached hydrogen (secondary N) is 1. The van der Waals surface area contributed by atoms with Crippen LogP contribution in [-0.2, 0) is 7.05 Å². The monoisotopic (exact) mass is 347 g/mol. The lowest BCUT2D eigenvalue weighted by atomic mass is 10.1. The first kappa shape index (κ1) is 16.9. The largest absolute Gasteiger partial charge is 0.353 e. The van der Waals surface area contributed by atoms with Gasteiger partial charge in [0.25, 0.3) is 5.91 Å². The zero-order valence-electron chi connectivity index (χ0n) is 15.2. The highest BCUT2D eigenvalue weighted by atomic mass is 16.1. The highest BCUT2D eigenvalue weighted by molar-refractivity contribution is 5.98. The topological polar surface area (TPSA) is 37.3 Å². The van der Waals surface area contributed by atoms with Crippen LogP contribution in [0.25, 0.3) is 10.8 Å². The average Bonchev–Trinajstić information content (AvgIpc) is 3.34. The third-order valence-electron chi connectivity index (χ3n) is 5.37. The third-order valence-corrected chi connectivity index (χ3v) is 5.37. The average molecular weight is 347 g/mol. The summed E-state index contributed by atoms with van der Waals surface area (Å²) in [5, 5.41) is 5.41. The van der Waals surface area contributed by atoms with E-state index in [1.165, 1.54) is 18.5 Å². The lowest BCUT2D eigenvalue weighted by molar-refractivity contribution is 0.0937. The van der Waals surface area contributed by atoms with E-state index in [2.05, 4.69) is 46.2 Å². The first-order valence-electron chi connectivity index (χ1n) is 9.35. The van der Waals surface area contributed by atoms with Gasteiger partial charge < -0.3 is 9.88 Å². The van der Waals surface area contributed by atoms with Gasteiger partial charge in [0.15, 0.2) is 0 Å². The zero-order chi connectivity index (χ0) is 17.9. The molecule has 1 aliphatic heterocycles. The molecular formula is C22H25N3O. The van der Waals surface area contributed by atoms with E-state index >= 15 is 0 Å². The van der Waals surface area contributed by atoms with Gasteiger partial charge in [-0.3, -0.25) is 9.69 Å². The maximum Gasteiger partial charge on any atom is 0.251 e. The van der Waals surface area contributed by atoms with E-state index in [-0.39, 0.29) is 11.9 Å². The zero-order valence-corrected chi connectivity index (χ0v) is 15.2. The Morgan fingerprint density at radius 2 is 1.81 bits per heavy atom. The van der Waals surface area contributed by atoms with Crippen LogP contribution in [0.1, 0.15) is 34.9 Å². The van der Waals surface area contributed by atoms with Crippen molar-refractivity contribution in [2.24, 2.45) is 7.05 Å². The number of hydrogen-bond donors (Lipinski definition) is 1. The predicted molar refractivity (Wildman–Crippen MR) is 105 cm³/mol. The molecule has 2 aromatic carbocycles. The molecule has 0 radical (unpaired) electrons. The van der Waals surface area contributed by atoms with Gasteiger partial charge >= 0.3 is 0 Å². The first-order valence-corrected chi connectivity index (χ1v) is 9.35. The van der Waals surface area contributed by atoms with Crippen LogP contribution < -0.4 is 5.32 Å². The summed E-state index contributed by atoms with van der Waals surface area (Å²) in [6.07, 6.45) is 4.54. The summed E-state index contributed by atoms with van der Waals surface area (Å²) < 4.78 is 2.16. The molecule has 0 bridgehead atoms. The van der Waals surface area contributed by atoms with Crippen molar-refractivity contribution < 1.29 is 4.79 Å². The van der Waals surface area contributed by atoms with Gasteiger partial charge in [-0.25, -0.2) is 0 Å². The molecule has 4 rings (SSSR count). The van der Waals surface area contributed by atoms with Gasteiger partial charge in [-0.1, -0.05) is 30.3 Å². The molecule has 1 aliphatic rings. The van der Waals surface area contributed by atoms with Crippen LogP contribution in [0.4, 0.5) is 0 Å². The maximum absolute atomic E-state index is 12.7. The first-order chi connectivity index (χ1) is 12.7. The molecule has 1 aromatic heterocycles. The quantitative estimate of drug-likeness (QED) is 0.763. The number of nitrogens with zero attached hydrogens (tertiary/aromatic N) is 2. The van der Waals surface area contributed by atoms with Crippen molar-refractivity contribution in [1.29, 1.82) is 0 Å². The molecule has 3 aromatic rings. The van der Waals surface area contributed by atoms with Crippen LogP contribution in [0.5, 0.6) is 0 Å². The van der Waals surface area contributed by atoms with Gasteiger partial charge in [0.05, 0.1) is 6.04 Å². The fraction of sp³-hybridized carbons (Fsp3) is 0.318. The molecule has 26 heavy (non-hydrogen) atoms. The fourth-order valence-corrected chi connectivity index (χ4v) is 3.92. The standard InChI is InChI=1S/C22H25N3O/c1-24-12-6-9-20(24)21(25-13-4-5-14-25)16-23-22(26)19-11-10-17-7-2-3-8-18(17)15-19/h2-3,6-12,15,21H,4-5,13-14,16H2,1H3,(H,23,26)/t21-/m0/s1. The predicted octanol–water partition coefficient (Wildman–Crippen LogP) is 3.75. The van der Waals surface area contributed by atoms with Crippen LogP contribution in [0, 0.1) is 0 Å². The van der Waals surface area contributed by atoms with E-state index in [0.717, 1.165) is 29.4 Å². The number of aromatic nitrogens is 1. The molecular weight excluding hydrogens is 322 g/mol. The van der Waals surface area contributed by atoms with E-state index in [0.29, 0.717) is 6.54 Å². The lowest BCUT2D eigenvalue weighted by Gasteiger charge is -2.28. The van der Waals surface area contributed by atoms with Crippen molar-refractivity contribution in [3.05, 3.63) is 72.1 Å². The minimum Gasteiger partial charge on any atom is -0.353 e. The summed E-state index contributed by atoms with van der Waals surface area (Å²) >= 11 is 0. The molecule has 1 amide bonds. The van der Waals surface area contributed by atoms with Gasteiger partial charge in [-0.15, -0.1) is 0 Å². The van der Waals surface area contributed by atoms with Crippen molar-refractivity contribution in [2.45, 2.75) is 18.9 Å². The van der Waals surface area contributed by atoms with E-state index in [1.54, 1.807) is 0 Å².